The Morgan fingerprint density at radius 3 is 2.50 bits per heavy atom. The third-order valence-corrected chi connectivity index (χ3v) is 2.84. The fourth-order valence-electron chi connectivity index (χ4n) is 1.78. The molecule has 1 unspecified atom stereocenters. The first kappa shape index (κ1) is 17.9. The number of rotatable bonds is 6. The Bertz CT molecular complexity index is 561. The number of carbonyl (C=O) groups is 2. The van der Waals surface area contributed by atoms with Gasteiger partial charge in [-0.1, -0.05) is 13.3 Å². The molecule has 1 aromatic heterocycles. The van der Waals surface area contributed by atoms with E-state index in [1.54, 1.807) is 6.92 Å². The largest absolute Gasteiger partial charge is 0.481 e. The van der Waals surface area contributed by atoms with Crippen molar-refractivity contribution < 1.29 is 27.9 Å². The quantitative estimate of drug-likeness (QED) is 0.837. The second kappa shape index (κ2) is 7.19. The minimum Gasteiger partial charge on any atom is -0.481 e. The average Bonchev–Trinajstić information content (AvgIpc) is 2.41. The smallest absolute Gasteiger partial charge is 0.451 e. The molecule has 0 aliphatic heterocycles. The fourth-order valence-corrected chi connectivity index (χ4v) is 1.78. The lowest BCUT2D eigenvalue weighted by atomic mass is 10.0. The van der Waals surface area contributed by atoms with E-state index in [0.29, 0.717) is 12.8 Å². The van der Waals surface area contributed by atoms with Crippen LogP contribution in [0.25, 0.3) is 0 Å². The van der Waals surface area contributed by atoms with Crippen LogP contribution >= 0.6 is 0 Å². The molecule has 6 nitrogen and oxygen atoms in total. The summed E-state index contributed by atoms with van der Waals surface area (Å²) in [7, 11) is 0. The summed E-state index contributed by atoms with van der Waals surface area (Å²) in [5.41, 5.74) is -0.448. The molecule has 122 valence electrons. The lowest BCUT2D eigenvalue weighted by Gasteiger charge is -2.13. The molecule has 0 saturated carbocycles. The Labute approximate surface area is 124 Å². The number of carbonyl (C=O) groups excluding carboxylic acids is 1. The first-order chi connectivity index (χ1) is 10.1. The van der Waals surface area contributed by atoms with Gasteiger partial charge in [0.1, 0.15) is 5.69 Å². The summed E-state index contributed by atoms with van der Waals surface area (Å²) in [5.74, 6) is -4.13. The van der Waals surface area contributed by atoms with Crippen molar-refractivity contribution in [3.05, 3.63) is 23.3 Å². The number of hydrogen-bond acceptors (Lipinski definition) is 4. The van der Waals surface area contributed by atoms with Crippen molar-refractivity contribution in [3.8, 4) is 0 Å². The summed E-state index contributed by atoms with van der Waals surface area (Å²) >= 11 is 0. The number of amides is 1. The molecule has 22 heavy (non-hydrogen) atoms. The summed E-state index contributed by atoms with van der Waals surface area (Å²) in [6.07, 6.45) is -3.79. The number of halogens is 3. The average molecular weight is 319 g/mol. The fraction of sp³-hybridized carbons (Fsp3) is 0.538. The van der Waals surface area contributed by atoms with E-state index in [0.717, 1.165) is 6.07 Å². The SMILES string of the molecule is CCCC(CNC(=O)c1cc(C)nc(C(F)(F)F)n1)C(=O)O. The van der Waals surface area contributed by atoms with Gasteiger partial charge in [-0.2, -0.15) is 13.2 Å². The van der Waals surface area contributed by atoms with Crippen LogP contribution in [0.1, 0.15) is 41.8 Å². The molecule has 2 N–H and O–H groups in total. The second-order valence-electron chi connectivity index (χ2n) is 4.75. The van der Waals surface area contributed by atoms with Crippen LogP contribution in [0.2, 0.25) is 0 Å². The van der Waals surface area contributed by atoms with Crippen LogP contribution in [0, 0.1) is 12.8 Å². The molecular formula is C13H16F3N3O3. The van der Waals surface area contributed by atoms with Crippen LogP contribution in [0.15, 0.2) is 6.07 Å². The van der Waals surface area contributed by atoms with Gasteiger partial charge < -0.3 is 10.4 Å². The number of aromatic nitrogens is 2. The number of aryl methyl sites for hydroxylation is 1. The van der Waals surface area contributed by atoms with Crippen LogP contribution in [0.3, 0.4) is 0 Å². The molecule has 0 aliphatic rings. The van der Waals surface area contributed by atoms with Crippen LogP contribution in [0.5, 0.6) is 0 Å². The highest BCUT2D eigenvalue weighted by Crippen LogP contribution is 2.26. The van der Waals surface area contributed by atoms with Gasteiger partial charge in [-0.25, -0.2) is 9.97 Å². The van der Waals surface area contributed by atoms with Crippen molar-refractivity contribution >= 4 is 11.9 Å². The van der Waals surface area contributed by atoms with Gasteiger partial charge in [-0.15, -0.1) is 0 Å². The first-order valence-electron chi connectivity index (χ1n) is 6.59. The third-order valence-electron chi connectivity index (χ3n) is 2.84. The maximum absolute atomic E-state index is 12.6. The number of nitrogens with zero attached hydrogens (tertiary/aromatic N) is 2. The topological polar surface area (TPSA) is 92.2 Å². The molecule has 0 saturated heterocycles. The summed E-state index contributed by atoms with van der Waals surface area (Å²) in [6.45, 7) is 2.93. The highest BCUT2D eigenvalue weighted by molar-refractivity contribution is 5.92. The normalized spacial score (nSPS) is 12.8. The molecule has 1 rings (SSSR count). The van der Waals surface area contributed by atoms with Crippen molar-refractivity contribution in [1.29, 1.82) is 0 Å². The molecule has 0 aliphatic carbocycles. The van der Waals surface area contributed by atoms with Crippen LogP contribution in [0.4, 0.5) is 13.2 Å². The monoisotopic (exact) mass is 319 g/mol. The minimum atomic E-state index is -4.76. The molecule has 9 heteroatoms. The molecule has 0 spiro atoms. The molecule has 0 bridgehead atoms. The van der Waals surface area contributed by atoms with E-state index in [1.165, 1.54) is 6.92 Å². The Morgan fingerprint density at radius 1 is 1.36 bits per heavy atom. The lowest BCUT2D eigenvalue weighted by molar-refractivity contribution is -0.145. The summed E-state index contributed by atoms with van der Waals surface area (Å²) in [6, 6.07) is 1.11. The van der Waals surface area contributed by atoms with Crippen LogP contribution in [-0.4, -0.2) is 33.5 Å². The molecule has 1 heterocycles. The molecule has 1 amide bonds. The highest BCUT2D eigenvalue weighted by atomic mass is 19.4. The predicted molar refractivity (Wildman–Crippen MR) is 70.1 cm³/mol. The second-order valence-corrected chi connectivity index (χ2v) is 4.75. The molecule has 0 fully saturated rings. The molecule has 1 atom stereocenters. The van der Waals surface area contributed by atoms with E-state index in [9.17, 15) is 22.8 Å². The molecule has 1 aromatic rings. The van der Waals surface area contributed by atoms with Crippen molar-refractivity contribution in [2.24, 2.45) is 5.92 Å². The molecule has 0 radical (unpaired) electrons. The van der Waals surface area contributed by atoms with E-state index >= 15 is 0 Å². The zero-order chi connectivity index (χ0) is 16.9. The number of alkyl halides is 3. The van der Waals surface area contributed by atoms with Gasteiger partial charge in [0.2, 0.25) is 5.82 Å². The van der Waals surface area contributed by atoms with E-state index in [2.05, 4.69) is 15.3 Å². The zero-order valence-corrected chi connectivity index (χ0v) is 12.1. The van der Waals surface area contributed by atoms with E-state index < -0.39 is 35.5 Å². The van der Waals surface area contributed by atoms with Crippen molar-refractivity contribution in [3.63, 3.8) is 0 Å². The van der Waals surface area contributed by atoms with Crippen LogP contribution < -0.4 is 5.32 Å². The summed E-state index contributed by atoms with van der Waals surface area (Å²) in [4.78, 5) is 29.2. The van der Waals surface area contributed by atoms with Gasteiger partial charge in [0.25, 0.3) is 5.91 Å². The van der Waals surface area contributed by atoms with Gasteiger partial charge in [0, 0.05) is 12.2 Å². The van der Waals surface area contributed by atoms with Gasteiger partial charge in [0.05, 0.1) is 5.92 Å². The number of carboxylic acids is 1. The summed E-state index contributed by atoms with van der Waals surface area (Å²) < 4.78 is 37.8. The van der Waals surface area contributed by atoms with E-state index in [1.807, 2.05) is 0 Å². The van der Waals surface area contributed by atoms with Gasteiger partial charge in [-0.3, -0.25) is 9.59 Å². The Morgan fingerprint density at radius 2 is 2.00 bits per heavy atom. The van der Waals surface area contributed by atoms with Crippen molar-refractivity contribution in [2.45, 2.75) is 32.9 Å². The Hall–Kier alpha value is -2.19. The van der Waals surface area contributed by atoms with Gasteiger partial charge >= 0.3 is 12.1 Å². The van der Waals surface area contributed by atoms with Gasteiger partial charge in [-0.05, 0) is 19.4 Å². The Kier molecular flexibility index (Phi) is 5.84. The number of aliphatic carboxylic acids is 1. The number of hydrogen-bond donors (Lipinski definition) is 2. The maximum Gasteiger partial charge on any atom is 0.451 e. The van der Waals surface area contributed by atoms with Crippen molar-refractivity contribution in [1.82, 2.24) is 15.3 Å². The standard InChI is InChI=1S/C13H16F3N3O3/c1-3-4-8(11(21)22)6-17-10(20)9-5-7(2)18-12(19-9)13(14,15)16/h5,8H,3-4,6H2,1-2H3,(H,17,20)(H,21,22). The summed E-state index contributed by atoms with van der Waals surface area (Å²) in [5, 5.41) is 11.3. The van der Waals surface area contributed by atoms with Gasteiger partial charge in [0.15, 0.2) is 0 Å². The first-order valence-corrected chi connectivity index (χ1v) is 6.59. The molecule has 0 aromatic carbocycles. The van der Waals surface area contributed by atoms with E-state index in [-0.39, 0.29) is 12.2 Å². The van der Waals surface area contributed by atoms with E-state index in [4.69, 9.17) is 5.11 Å². The maximum atomic E-state index is 12.6. The van der Waals surface area contributed by atoms with Crippen LogP contribution in [-0.2, 0) is 11.0 Å². The predicted octanol–water partition coefficient (Wildman–Crippen LogP) is 2.03. The third kappa shape index (κ3) is 4.97. The lowest BCUT2D eigenvalue weighted by Crippen LogP contribution is -2.33. The molecular weight excluding hydrogens is 303 g/mol. The Balaban J connectivity index is 2.85. The minimum absolute atomic E-state index is 0.00387. The zero-order valence-electron chi connectivity index (χ0n) is 12.1. The van der Waals surface area contributed by atoms with Crippen molar-refractivity contribution in [2.75, 3.05) is 6.54 Å². The highest BCUT2D eigenvalue weighted by Gasteiger charge is 2.35. The number of nitrogens with one attached hydrogen (secondary N) is 1. The number of carboxylic acid groups (broad SMARTS) is 1.